The van der Waals surface area contributed by atoms with E-state index in [2.05, 4.69) is 20.8 Å². The van der Waals surface area contributed by atoms with Crippen LogP contribution in [0.1, 0.15) is 65.7 Å². The van der Waals surface area contributed by atoms with Gasteiger partial charge in [-0.1, -0.05) is 40.0 Å². The number of rotatable bonds is 2. The maximum Gasteiger partial charge on any atom is 0.00390 e. The summed E-state index contributed by atoms with van der Waals surface area (Å²) in [6.07, 6.45) is 9.28. The van der Waals surface area contributed by atoms with Crippen LogP contribution in [0, 0.1) is 5.92 Å². The summed E-state index contributed by atoms with van der Waals surface area (Å²) in [5.74, 6) is 0.940. The third kappa shape index (κ3) is 8.29. The van der Waals surface area contributed by atoms with Crippen LogP contribution in [0.4, 0.5) is 0 Å². The molecule has 1 nitrogen and oxygen atoms in total. The number of unbranched alkanes of at least 4 members (excludes halogenated alkanes) is 2. The minimum Gasteiger partial charge on any atom is -0.328 e. The molecule has 0 aliphatic heterocycles. The van der Waals surface area contributed by atoms with Gasteiger partial charge in [0, 0.05) is 6.04 Å². The molecule has 1 aliphatic carbocycles. The van der Waals surface area contributed by atoms with Crippen molar-refractivity contribution in [3.05, 3.63) is 0 Å². The molecule has 1 saturated carbocycles. The van der Waals surface area contributed by atoms with Gasteiger partial charge in [0.05, 0.1) is 0 Å². The van der Waals surface area contributed by atoms with Gasteiger partial charge >= 0.3 is 0 Å². The molecule has 13 heavy (non-hydrogen) atoms. The SMILES string of the molecule is CC1CCC(N)CC1.CCCCC. The van der Waals surface area contributed by atoms with Crippen LogP contribution in [0.3, 0.4) is 0 Å². The lowest BCUT2D eigenvalue weighted by atomic mass is 9.88. The van der Waals surface area contributed by atoms with Crippen LogP contribution in [0.2, 0.25) is 0 Å². The van der Waals surface area contributed by atoms with E-state index in [9.17, 15) is 0 Å². The van der Waals surface area contributed by atoms with E-state index in [-0.39, 0.29) is 0 Å². The highest BCUT2D eigenvalue weighted by Gasteiger charge is 2.13. The molecule has 0 bridgehead atoms. The van der Waals surface area contributed by atoms with E-state index < -0.39 is 0 Å². The highest BCUT2D eigenvalue weighted by atomic mass is 14.6. The smallest absolute Gasteiger partial charge is 0.00390 e. The molecule has 1 fully saturated rings. The van der Waals surface area contributed by atoms with Gasteiger partial charge in [-0.3, -0.25) is 0 Å². The van der Waals surface area contributed by atoms with Crippen LogP contribution in [-0.2, 0) is 0 Å². The summed E-state index contributed by atoms with van der Waals surface area (Å²) in [5.41, 5.74) is 5.70. The second-order valence-corrected chi connectivity index (χ2v) is 4.37. The summed E-state index contributed by atoms with van der Waals surface area (Å²) in [4.78, 5) is 0. The third-order valence-electron chi connectivity index (χ3n) is 2.77. The van der Waals surface area contributed by atoms with Crippen LogP contribution >= 0.6 is 0 Å². The van der Waals surface area contributed by atoms with Gasteiger partial charge in [0.2, 0.25) is 0 Å². The molecule has 1 aliphatic rings. The average Bonchev–Trinajstić information content (AvgIpc) is 2.13. The lowest BCUT2D eigenvalue weighted by molar-refractivity contribution is 0.348. The van der Waals surface area contributed by atoms with Crippen LogP contribution in [0.25, 0.3) is 0 Å². The van der Waals surface area contributed by atoms with E-state index in [4.69, 9.17) is 5.73 Å². The van der Waals surface area contributed by atoms with E-state index in [1.165, 1.54) is 44.9 Å². The van der Waals surface area contributed by atoms with Crippen LogP contribution < -0.4 is 5.73 Å². The van der Waals surface area contributed by atoms with Crippen molar-refractivity contribution in [1.82, 2.24) is 0 Å². The quantitative estimate of drug-likeness (QED) is 0.697. The molecule has 0 aromatic rings. The Labute approximate surface area is 84.1 Å². The summed E-state index contributed by atoms with van der Waals surface area (Å²) >= 11 is 0. The summed E-state index contributed by atoms with van der Waals surface area (Å²) in [7, 11) is 0. The standard InChI is InChI=1S/C7H15N.C5H12/c1-6-2-4-7(8)5-3-6;1-3-5-4-2/h6-7H,2-5,8H2,1H3;3-5H2,1-2H3. The van der Waals surface area contributed by atoms with Gasteiger partial charge in [0.1, 0.15) is 0 Å². The van der Waals surface area contributed by atoms with E-state index in [1.54, 1.807) is 0 Å². The predicted molar refractivity (Wildman–Crippen MR) is 60.8 cm³/mol. The summed E-state index contributed by atoms with van der Waals surface area (Å²) in [6.45, 7) is 6.74. The summed E-state index contributed by atoms with van der Waals surface area (Å²) in [6, 6.07) is 0.520. The highest BCUT2D eigenvalue weighted by molar-refractivity contribution is 4.70. The fourth-order valence-electron chi connectivity index (χ4n) is 1.64. The van der Waals surface area contributed by atoms with Gasteiger partial charge in [-0.05, 0) is 31.6 Å². The fourth-order valence-corrected chi connectivity index (χ4v) is 1.64. The predicted octanol–water partition coefficient (Wildman–Crippen LogP) is 3.72. The van der Waals surface area contributed by atoms with Crippen molar-refractivity contribution in [2.45, 2.75) is 71.8 Å². The Morgan fingerprint density at radius 3 is 1.69 bits per heavy atom. The maximum absolute atomic E-state index is 5.70. The summed E-state index contributed by atoms with van der Waals surface area (Å²) in [5, 5.41) is 0. The molecule has 1 rings (SSSR count). The molecule has 0 saturated heterocycles. The Morgan fingerprint density at radius 1 is 1.00 bits per heavy atom. The molecule has 2 N–H and O–H groups in total. The molecule has 0 aromatic carbocycles. The van der Waals surface area contributed by atoms with Crippen molar-refractivity contribution in [2.75, 3.05) is 0 Å². The zero-order chi connectivity index (χ0) is 10.1. The first-order chi connectivity index (χ1) is 6.20. The Kier molecular flexibility index (Phi) is 8.53. The van der Waals surface area contributed by atoms with Crippen molar-refractivity contribution < 1.29 is 0 Å². The van der Waals surface area contributed by atoms with Crippen molar-refractivity contribution in [1.29, 1.82) is 0 Å². The van der Waals surface area contributed by atoms with Gasteiger partial charge in [0.15, 0.2) is 0 Å². The second kappa shape index (κ2) is 8.55. The minimum absolute atomic E-state index is 0.520. The first kappa shape index (κ1) is 13.0. The van der Waals surface area contributed by atoms with Crippen molar-refractivity contribution in [3.63, 3.8) is 0 Å². The van der Waals surface area contributed by atoms with Gasteiger partial charge in [0.25, 0.3) is 0 Å². The second-order valence-electron chi connectivity index (χ2n) is 4.37. The zero-order valence-corrected chi connectivity index (χ0v) is 9.68. The monoisotopic (exact) mass is 185 g/mol. The molecule has 0 spiro atoms. The number of hydrogen-bond acceptors (Lipinski definition) is 1. The first-order valence-electron chi connectivity index (χ1n) is 5.96. The third-order valence-corrected chi connectivity index (χ3v) is 2.77. The van der Waals surface area contributed by atoms with Crippen molar-refractivity contribution >= 4 is 0 Å². The Bertz CT molecular complexity index is 81.3. The van der Waals surface area contributed by atoms with Crippen LogP contribution in [0.5, 0.6) is 0 Å². The van der Waals surface area contributed by atoms with Gasteiger partial charge < -0.3 is 5.73 Å². The Hall–Kier alpha value is -0.0400. The average molecular weight is 185 g/mol. The molecule has 0 heterocycles. The van der Waals surface area contributed by atoms with Crippen molar-refractivity contribution in [2.24, 2.45) is 11.7 Å². The largest absolute Gasteiger partial charge is 0.328 e. The number of hydrogen-bond donors (Lipinski definition) is 1. The molecular formula is C12H27N. The molecular weight excluding hydrogens is 158 g/mol. The fraction of sp³-hybridized carbons (Fsp3) is 1.00. The lowest BCUT2D eigenvalue weighted by Gasteiger charge is -2.22. The van der Waals surface area contributed by atoms with E-state index >= 15 is 0 Å². The van der Waals surface area contributed by atoms with Gasteiger partial charge in [-0.25, -0.2) is 0 Å². The van der Waals surface area contributed by atoms with E-state index in [0.717, 1.165) is 5.92 Å². The molecule has 0 amide bonds. The molecule has 80 valence electrons. The van der Waals surface area contributed by atoms with Crippen LogP contribution in [0.15, 0.2) is 0 Å². The zero-order valence-electron chi connectivity index (χ0n) is 9.68. The molecule has 1 heteroatoms. The molecule has 0 unspecified atom stereocenters. The Balaban J connectivity index is 0.000000252. The molecule has 0 radical (unpaired) electrons. The topological polar surface area (TPSA) is 26.0 Å². The van der Waals surface area contributed by atoms with E-state index in [1.807, 2.05) is 0 Å². The number of nitrogens with two attached hydrogens (primary N) is 1. The van der Waals surface area contributed by atoms with Gasteiger partial charge in [-0.15, -0.1) is 0 Å². The van der Waals surface area contributed by atoms with Crippen molar-refractivity contribution in [3.8, 4) is 0 Å². The highest BCUT2D eigenvalue weighted by Crippen LogP contribution is 2.21. The van der Waals surface area contributed by atoms with Crippen LogP contribution in [-0.4, -0.2) is 6.04 Å². The Morgan fingerprint density at radius 2 is 1.46 bits per heavy atom. The maximum atomic E-state index is 5.70. The molecule has 0 aromatic heterocycles. The first-order valence-corrected chi connectivity index (χ1v) is 5.96. The molecule has 0 atom stereocenters. The van der Waals surface area contributed by atoms with Gasteiger partial charge in [-0.2, -0.15) is 0 Å². The normalized spacial score (nSPS) is 27.7. The lowest BCUT2D eigenvalue weighted by Crippen LogP contribution is -2.25. The minimum atomic E-state index is 0.520. The summed E-state index contributed by atoms with van der Waals surface area (Å²) < 4.78 is 0. The van der Waals surface area contributed by atoms with E-state index in [0.29, 0.717) is 6.04 Å².